The Morgan fingerprint density at radius 1 is 0.808 bits per heavy atom. The second-order valence-electron chi connectivity index (χ2n) is 14.7. The number of amides is 4. The SMILES string of the molecule is C[C@@H](O)CNC(=O)[C@@H](Cc1ccc(F)cc1)N(C)C(=O)[C@@H](Cc1ccc(-c2ccccc2)cc1)N(C)C(=O)/C=C/CC(C)(C)NC(=O)OC(C)(C)C. The van der Waals surface area contributed by atoms with Crippen LogP contribution in [0.15, 0.2) is 91.0 Å². The number of aliphatic hydroxyl groups excluding tert-OH is 1. The van der Waals surface area contributed by atoms with Crippen molar-refractivity contribution in [2.24, 2.45) is 0 Å². The normalized spacial score (nSPS) is 13.5. The van der Waals surface area contributed by atoms with Crippen LogP contribution in [0.4, 0.5) is 9.18 Å². The number of alkyl carbamates (subject to hydrolysis) is 1. The molecule has 0 aliphatic rings. The maximum Gasteiger partial charge on any atom is 0.408 e. The summed E-state index contributed by atoms with van der Waals surface area (Å²) >= 11 is 0. The van der Waals surface area contributed by atoms with Gasteiger partial charge in [-0.15, -0.1) is 0 Å². The molecule has 0 heterocycles. The van der Waals surface area contributed by atoms with Gasteiger partial charge in [0.05, 0.1) is 6.10 Å². The molecule has 3 aromatic carbocycles. The summed E-state index contributed by atoms with van der Waals surface area (Å²) in [5.41, 5.74) is 2.05. The van der Waals surface area contributed by atoms with Crippen LogP contribution in [-0.2, 0) is 32.0 Å². The highest BCUT2D eigenvalue weighted by atomic mass is 19.1. The van der Waals surface area contributed by atoms with E-state index in [1.165, 1.54) is 49.0 Å². The molecule has 0 aromatic heterocycles. The fourth-order valence-corrected chi connectivity index (χ4v) is 5.44. The summed E-state index contributed by atoms with van der Waals surface area (Å²) in [7, 11) is 3.04. The Morgan fingerprint density at radius 3 is 1.90 bits per heavy atom. The van der Waals surface area contributed by atoms with Crippen molar-refractivity contribution in [3.63, 3.8) is 0 Å². The molecule has 0 saturated heterocycles. The Labute approximate surface area is 307 Å². The number of likely N-dealkylation sites (N-methyl/N-ethyl adjacent to an activating group) is 2. The largest absolute Gasteiger partial charge is 0.444 e. The number of benzene rings is 3. The molecular weight excluding hydrogens is 663 g/mol. The van der Waals surface area contributed by atoms with Crippen molar-refractivity contribution in [1.82, 2.24) is 20.4 Å². The number of hydrogen-bond donors (Lipinski definition) is 3. The first-order chi connectivity index (χ1) is 24.3. The topological polar surface area (TPSA) is 128 Å². The number of aliphatic hydroxyl groups is 1. The zero-order valence-electron chi connectivity index (χ0n) is 31.5. The Kier molecular flexibility index (Phi) is 14.7. The molecule has 52 heavy (non-hydrogen) atoms. The minimum Gasteiger partial charge on any atom is -0.444 e. The number of nitrogens with one attached hydrogen (secondary N) is 2. The van der Waals surface area contributed by atoms with E-state index in [2.05, 4.69) is 10.6 Å². The van der Waals surface area contributed by atoms with E-state index in [4.69, 9.17) is 4.74 Å². The number of carbonyl (C=O) groups excluding carboxylic acids is 4. The summed E-state index contributed by atoms with van der Waals surface area (Å²) in [5.74, 6) is -1.86. The van der Waals surface area contributed by atoms with Crippen molar-refractivity contribution in [3.8, 4) is 11.1 Å². The fraction of sp³-hybridized carbons (Fsp3) is 0.415. The molecule has 0 aliphatic carbocycles. The summed E-state index contributed by atoms with van der Waals surface area (Å²) in [5, 5.41) is 15.3. The molecule has 11 heteroatoms. The van der Waals surface area contributed by atoms with Gasteiger partial charge in [-0.25, -0.2) is 9.18 Å². The monoisotopic (exact) mass is 716 g/mol. The predicted molar refractivity (Wildman–Crippen MR) is 201 cm³/mol. The second-order valence-corrected chi connectivity index (χ2v) is 14.7. The molecule has 0 aliphatic heterocycles. The molecule has 0 bridgehead atoms. The zero-order valence-corrected chi connectivity index (χ0v) is 31.5. The lowest BCUT2D eigenvalue weighted by molar-refractivity contribution is -0.146. The van der Waals surface area contributed by atoms with Crippen LogP contribution >= 0.6 is 0 Å². The molecule has 0 radical (unpaired) electrons. The first-order valence-electron chi connectivity index (χ1n) is 17.4. The van der Waals surface area contributed by atoms with E-state index in [1.807, 2.05) is 54.6 Å². The maximum atomic E-state index is 14.4. The van der Waals surface area contributed by atoms with Crippen molar-refractivity contribution in [3.05, 3.63) is 108 Å². The highest BCUT2D eigenvalue weighted by Gasteiger charge is 2.35. The molecule has 3 N–H and O–H groups in total. The number of rotatable bonds is 15. The molecular formula is C41H53FN4O6. The van der Waals surface area contributed by atoms with E-state index in [-0.39, 0.29) is 19.4 Å². The smallest absolute Gasteiger partial charge is 0.408 e. The number of halogens is 1. The van der Waals surface area contributed by atoms with E-state index < -0.39 is 59.0 Å². The highest BCUT2D eigenvalue weighted by molar-refractivity contribution is 5.95. The first kappa shape index (κ1) is 41.4. The van der Waals surface area contributed by atoms with Gasteiger partial charge in [0, 0.05) is 39.0 Å². The lowest BCUT2D eigenvalue weighted by Gasteiger charge is -2.34. The van der Waals surface area contributed by atoms with Crippen molar-refractivity contribution in [1.29, 1.82) is 0 Å². The summed E-state index contributed by atoms with van der Waals surface area (Å²) < 4.78 is 19.1. The lowest BCUT2D eigenvalue weighted by Crippen LogP contribution is -2.56. The molecule has 0 fully saturated rings. The molecule has 10 nitrogen and oxygen atoms in total. The van der Waals surface area contributed by atoms with Gasteiger partial charge in [-0.3, -0.25) is 14.4 Å². The third kappa shape index (κ3) is 13.3. The standard InChI is InChI=1S/C41H53FN4O6/c1-28(47)27-43-37(49)34(25-30-18-22-33(42)23-19-30)46(8)38(50)35(26-29-16-20-32(21-17-29)31-13-10-9-11-14-31)45(7)36(48)15-12-24-41(5,6)44-39(51)52-40(2,3)4/h9-23,28,34-35,47H,24-27H2,1-8H3,(H,43,49)(H,44,51)/b15-12+/t28-,34-,35-/m1/s1. The highest BCUT2D eigenvalue weighted by Crippen LogP contribution is 2.22. The van der Waals surface area contributed by atoms with Gasteiger partial charge in [0.2, 0.25) is 17.7 Å². The van der Waals surface area contributed by atoms with Gasteiger partial charge in [0.25, 0.3) is 0 Å². The Hall–Kier alpha value is -5.03. The van der Waals surface area contributed by atoms with E-state index in [0.717, 1.165) is 16.7 Å². The summed E-state index contributed by atoms with van der Waals surface area (Å²) in [6.07, 6.45) is 2.13. The molecule has 0 spiro atoms. The minimum atomic E-state index is -1.03. The molecule has 0 saturated carbocycles. The van der Waals surface area contributed by atoms with Crippen LogP contribution in [0.25, 0.3) is 11.1 Å². The first-order valence-corrected chi connectivity index (χ1v) is 17.4. The van der Waals surface area contributed by atoms with Crippen LogP contribution in [0.3, 0.4) is 0 Å². The summed E-state index contributed by atoms with van der Waals surface area (Å²) in [6.45, 7) is 10.4. The van der Waals surface area contributed by atoms with Gasteiger partial charge >= 0.3 is 6.09 Å². The van der Waals surface area contributed by atoms with Crippen LogP contribution in [0.2, 0.25) is 0 Å². The van der Waals surface area contributed by atoms with Gasteiger partial charge < -0.3 is 30.3 Å². The quantitative estimate of drug-likeness (QED) is 0.174. The number of nitrogens with zero attached hydrogens (tertiary/aromatic N) is 2. The minimum absolute atomic E-state index is 0.0275. The van der Waals surface area contributed by atoms with Gasteiger partial charge in [-0.05, 0) is 88.4 Å². The van der Waals surface area contributed by atoms with Gasteiger partial charge in [0.1, 0.15) is 23.5 Å². The van der Waals surface area contributed by atoms with Gasteiger partial charge in [0.15, 0.2) is 0 Å². The second kappa shape index (κ2) is 18.5. The van der Waals surface area contributed by atoms with Crippen LogP contribution < -0.4 is 10.6 Å². The maximum absolute atomic E-state index is 14.4. The third-order valence-corrected chi connectivity index (χ3v) is 8.35. The average Bonchev–Trinajstić information content (AvgIpc) is 3.07. The van der Waals surface area contributed by atoms with E-state index in [9.17, 15) is 28.7 Å². The molecule has 3 aromatic rings. The number of ether oxygens (including phenoxy) is 1. The van der Waals surface area contributed by atoms with Crippen molar-refractivity contribution >= 4 is 23.8 Å². The van der Waals surface area contributed by atoms with E-state index in [1.54, 1.807) is 52.8 Å². The van der Waals surface area contributed by atoms with Crippen molar-refractivity contribution < 1.29 is 33.4 Å². The Bertz CT molecular complexity index is 1670. The molecule has 4 amide bonds. The molecule has 0 unspecified atom stereocenters. The fourth-order valence-electron chi connectivity index (χ4n) is 5.44. The Balaban J connectivity index is 1.90. The average molecular weight is 717 g/mol. The van der Waals surface area contributed by atoms with Crippen molar-refractivity contribution in [2.45, 2.75) is 90.1 Å². The molecule has 3 rings (SSSR count). The summed E-state index contributed by atoms with van der Waals surface area (Å²) in [6, 6.07) is 21.2. The van der Waals surface area contributed by atoms with E-state index >= 15 is 0 Å². The number of carbonyl (C=O) groups is 4. The zero-order chi connectivity index (χ0) is 38.6. The number of hydrogen-bond acceptors (Lipinski definition) is 6. The van der Waals surface area contributed by atoms with E-state index in [0.29, 0.717) is 12.0 Å². The van der Waals surface area contributed by atoms with Gasteiger partial charge in [-0.1, -0.05) is 72.8 Å². The van der Waals surface area contributed by atoms with Crippen LogP contribution in [0.5, 0.6) is 0 Å². The summed E-state index contributed by atoms with van der Waals surface area (Å²) in [4.78, 5) is 56.6. The Morgan fingerprint density at radius 2 is 1.35 bits per heavy atom. The predicted octanol–water partition coefficient (Wildman–Crippen LogP) is 5.68. The van der Waals surface area contributed by atoms with Crippen LogP contribution in [0, 0.1) is 5.82 Å². The van der Waals surface area contributed by atoms with Crippen LogP contribution in [0.1, 0.15) is 59.1 Å². The molecule has 280 valence electrons. The third-order valence-electron chi connectivity index (χ3n) is 8.35. The molecule has 3 atom stereocenters. The van der Waals surface area contributed by atoms with Crippen molar-refractivity contribution in [2.75, 3.05) is 20.6 Å². The lowest BCUT2D eigenvalue weighted by atomic mass is 9.98. The van der Waals surface area contributed by atoms with Crippen LogP contribution in [-0.4, -0.2) is 88.7 Å². The van der Waals surface area contributed by atoms with Gasteiger partial charge in [-0.2, -0.15) is 0 Å².